The van der Waals surface area contributed by atoms with Crippen molar-refractivity contribution in [3.8, 4) is 17.2 Å². The summed E-state index contributed by atoms with van der Waals surface area (Å²) in [6, 6.07) is 7.03. The molecule has 1 aromatic carbocycles. The van der Waals surface area contributed by atoms with Crippen molar-refractivity contribution >= 4 is 10.2 Å². The van der Waals surface area contributed by atoms with Crippen molar-refractivity contribution < 1.29 is 22.6 Å². The Morgan fingerprint density at radius 1 is 1.03 bits per heavy atom. The predicted molar refractivity (Wildman–Crippen MR) is 111 cm³/mol. The lowest BCUT2D eigenvalue weighted by atomic mass is 10.0. The van der Waals surface area contributed by atoms with Gasteiger partial charge in [-0.25, -0.2) is 0 Å². The maximum absolute atomic E-state index is 13.5. The normalized spacial score (nSPS) is 17.2. The van der Waals surface area contributed by atoms with Gasteiger partial charge in [-0.2, -0.15) is 17.0 Å². The van der Waals surface area contributed by atoms with Crippen LogP contribution in [0.15, 0.2) is 30.5 Å². The summed E-state index contributed by atoms with van der Waals surface area (Å²) in [6.45, 7) is 5.51. The van der Waals surface area contributed by atoms with Crippen LogP contribution in [-0.4, -0.2) is 62.6 Å². The van der Waals surface area contributed by atoms with Crippen molar-refractivity contribution in [2.45, 2.75) is 26.4 Å². The lowest BCUT2D eigenvalue weighted by molar-refractivity contribution is 0.269. The average molecular weight is 424 g/mol. The van der Waals surface area contributed by atoms with Crippen LogP contribution in [0.2, 0.25) is 0 Å². The first kappa shape index (κ1) is 21.5. The number of nitrogens with zero attached hydrogens (tertiary/aromatic N) is 3. The Kier molecular flexibility index (Phi) is 6.40. The number of aromatic nitrogens is 1. The molecule has 1 aliphatic rings. The zero-order valence-corrected chi connectivity index (χ0v) is 18.4. The fourth-order valence-corrected chi connectivity index (χ4v) is 5.66. The zero-order chi connectivity index (χ0) is 21.2. The van der Waals surface area contributed by atoms with Gasteiger partial charge in [0.2, 0.25) is 5.75 Å². The van der Waals surface area contributed by atoms with E-state index < -0.39 is 16.3 Å². The largest absolute Gasteiger partial charge is 0.493 e. The maximum atomic E-state index is 13.5. The molecule has 1 unspecified atom stereocenters. The quantitative estimate of drug-likeness (QED) is 0.652. The smallest absolute Gasteiger partial charge is 0.282 e. The molecule has 2 aromatic rings. The van der Waals surface area contributed by atoms with E-state index in [0.717, 1.165) is 11.3 Å². The highest BCUT2D eigenvalue weighted by Gasteiger charge is 2.39. The van der Waals surface area contributed by atoms with Crippen LogP contribution in [0.25, 0.3) is 0 Å². The van der Waals surface area contributed by atoms with Crippen LogP contribution in [0.5, 0.6) is 17.2 Å². The number of hydrogen-bond donors (Lipinski definition) is 0. The third-order valence-corrected chi connectivity index (χ3v) is 7.48. The topological polar surface area (TPSA) is 73.2 Å². The van der Waals surface area contributed by atoms with Crippen molar-refractivity contribution in [3.05, 3.63) is 41.7 Å². The van der Waals surface area contributed by atoms with E-state index in [1.165, 1.54) is 4.31 Å². The van der Waals surface area contributed by atoms with Gasteiger partial charge >= 0.3 is 0 Å². The van der Waals surface area contributed by atoms with Crippen LogP contribution in [0, 0.1) is 0 Å². The molecule has 1 atom stereocenters. The van der Waals surface area contributed by atoms with Crippen LogP contribution in [-0.2, 0) is 16.8 Å². The first-order chi connectivity index (χ1) is 13.9. The lowest BCUT2D eigenvalue weighted by Crippen LogP contribution is -2.49. The molecule has 0 spiro atoms. The first-order valence-electron chi connectivity index (χ1n) is 9.64. The highest BCUT2D eigenvalue weighted by Crippen LogP contribution is 2.43. The minimum Gasteiger partial charge on any atom is -0.493 e. The second kappa shape index (κ2) is 8.64. The fourth-order valence-electron chi connectivity index (χ4n) is 3.91. The Labute approximate surface area is 172 Å². The highest BCUT2D eigenvalue weighted by molar-refractivity contribution is 7.86. The fraction of sp³-hybridized carbons (Fsp3) is 0.500. The summed E-state index contributed by atoms with van der Waals surface area (Å²) >= 11 is 0. The van der Waals surface area contributed by atoms with Crippen molar-refractivity contribution in [3.63, 3.8) is 0 Å². The molecule has 0 fully saturated rings. The Balaban J connectivity index is 2.20. The number of hydrogen-bond acceptors (Lipinski definition) is 5. The van der Waals surface area contributed by atoms with E-state index in [1.54, 1.807) is 25.6 Å². The van der Waals surface area contributed by atoms with Crippen molar-refractivity contribution in [2.75, 3.05) is 41.0 Å². The molecule has 1 aliphatic heterocycles. The van der Waals surface area contributed by atoms with Crippen molar-refractivity contribution in [1.82, 2.24) is 13.2 Å². The summed E-state index contributed by atoms with van der Waals surface area (Å²) in [5.41, 5.74) is 1.66. The van der Waals surface area contributed by atoms with Crippen molar-refractivity contribution in [1.29, 1.82) is 0 Å². The lowest BCUT2D eigenvalue weighted by Gasteiger charge is -2.39. The Morgan fingerprint density at radius 2 is 1.66 bits per heavy atom. The van der Waals surface area contributed by atoms with Gasteiger partial charge in [-0.15, -0.1) is 0 Å². The molecule has 0 bridgehead atoms. The minimum atomic E-state index is -3.66. The predicted octanol–water partition coefficient (Wildman–Crippen LogP) is 2.51. The molecule has 2 heterocycles. The van der Waals surface area contributed by atoms with Crippen LogP contribution >= 0.6 is 0 Å². The zero-order valence-electron chi connectivity index (χ0n) is 17.6. The monoisotopic (exact) mass is 423 g/mol. The standard InChI is InChI=1S/C20H29N3O5S/c1-6-22(7-2)29(24,25)23-12-11-21-10-8-9-16(21)19(23)15-13-17(26-3)20(28-5)18(14-15)27-4/h8-10,13-14,19H,6-7,11-12H2,1-5H3. The van der Waals surface area contributed by atoms with Gasteiger partial charge in [0.25, 0.3) is 10.2 Å². The summed E-state index contributed by atoms with van der Waals surface area (Å²) in [5, 5.41) is 0. The highest BCUT2D eigenvalue weighted by atomic mass is 32.2. The van der Waals surface area contributed by atoms with Gasteiger partial charge in [0, 0.05) is 38.1 Å². The Hall–Kier alpha value is -2.23. The molecule has 0 N–H and O–H groups in total. The number of methoxy groups -OCH3 is 3. The molecule has 0 aliphatic carbocycles. The van der Waals surface area contributed by atoms with Gasteiger partial charge < -0.3 is 18.8 Å². The van der Waals surface area contributed by atoms with Crippen LogP contribution in [0.1, 0.15) is 31.1 Å². The van der Waals surface area contributed by atoms with Crippen LogP contribution in [0.4, 0.5) is 0 Å². The number of ether oxygens (including phenoxy) is 3. The molecule has 160 valence electrons. The van der Waals surface area contributed by atoms with Crippen LogP contribution in [0.3, 0.4) is 0 Å². The molecule has 0 radical (unpaired) electrons. The van der Waals surface area contributed by atoms with E-state index in [9.17, 15) is 8.42 Å². The SMILES string of the molecule is CCN(CC)S(=O)(=O)N1CCn2cccc2C1c1cc(OC)c(OC)c(OC)c1. The van der Waals surface area contributed by atoms with E-state index in [0.29, 0.717) is 43.4 Å². The number of fused-ring (bicyclic) bond motifs is 1. The van der Waals surface area contributed by atoms with Gasteiger partial charge in [0.05, 0.1) is 27.4 Å². The van der Waals surface area contributed by atoms with E-state index in [2.05, 4.69) is 4.57 Å². The van der Waals surface area contributed by atoms with Gasteiger partial charge in [0.1, 0.15) is 0 Å². The summed E-state index contributed by atoms with van der Waals surface area (Å²) < 4.78 is 48.5. The number of rotatable bonds is 8. The van der Waals surface area contributed by atoms with E-state index in [-0.39, 0.29) is 0 Å². The maximum Gasteiger partial charge on any atom is 0.282 e. The molecule has 29 heavy (non-hydrogen) atoms. The molecule has 8 nitrogen and oxygen atoms in total. The van der Waals surface area contributed by atoms with Gasteiger partial charge in [0.15, 0.2) is 11.5 Å². The molecular weight excluding hydrogens is 394 g/mol. The second-order valence-electron chi connectivity index (χ2n) is 6.69. The first-order valence-corrected chi connectivity index (χ1v) is 11.0. The minimum absolute atomic E-state index is 0.377. The summed E-state index contributed by atoms with van der Waals surface area (Å²) in [4.78, 5) is 0. The van der Waals surface area contributed by atoms with Gasteiger partial charge in [-0.1, -0.05) is 13.8 Å². The van der Waals surface area contributed by atoms with Gasteiger partial charge in [-0.05, 0) is 29.8 Å². The molecular formula is C20H29N3O5S. The Bertz CT molecular complexity index is 928. The summed E-state index contributed by atoms with van der Waals surface area (Å²) in [6.07, 6.45) is 1.97. The van der Waals surface area contributed by atoms with E-state index >= 15 is 0 Å². The molecule has 9 heteroatoms. The summed E-state index contributed by atoms with van der Waals surface area (Å²) in [5.74, 6) is 1.46. The number of benzene rings is 1. The van der Waals surface area contributed by atoms with Crippen molar-refractivity contribution in [2.24, 2.45) is 0 Å². The average Bonchev–Trinajstić information content (AvgIpc) is 3.21. The van der Waals surface area contributed by atoms with E-state index in [4.69, 9.17) is 14.2 Å². The third-order valence-electron chi connectivity index (χ3n) is 5.32. The summed E-state index contributed by atoms with van der Waals surface area (Å²) in [7, 11) is 0.989. The van der Waals surface area contributed by atoms with Gasteiger partial charge in [-0.3, -0.25) is 0 Å². The Morgan fingerprint density at radius 3 is 2.17 bits per heavy atom. The molecule has 0 saturated heterocycles. The molecule has 3 rings (SSSR count). The molecule has 0 saturated carbocycles. The third kappa shape index (κ3) is 3.70. The second-order valence-corrected chi connectivity index (χ2v) is 8.57. The van der Waals surface area contributed by atoms with Crippen LogP contribution < -0.4 is 14.2 Å². The molecule has 0 amide bonds. The van der Waals surface area contributed by atoms with E-state index in [1.807, 2.05) is 44.3 Å². The molecule has 1 aromatic heterocycles.